The number of hydrogen-bond donors (Lipinski definition) is 0. The Morgan fingerprint density at radius 2 is 1.88 bits per heavy atom. The largest absolute Gasteiger partial charge is 0.508 e. The van der Waals surface area contributed by atoms with Gasteiger partial charge >= 0.3 is 6.16 Å². The molecule has 1 aromatic carbocycles. The number of methoxy groups -OCH3 is 1. The average molecular weight is 236 g/mol. The van der Waals surface area contributed by atoms with Gasteiger partial charge in [-0.3, -0.25) is 0 Å². The summed E-state index contributed by atoms with van der Waals surface area (Å²) in [4.78, 5) is 10.6. The molecule has 0 atom stereocenters. The van der Waals surface area contributed by atoms with Gasteiger partial charge in [0.1, 0.15) is 6.61 Å². The highest BCUT2D eigenvalue weighted by Crippen LogP contribution is 2.00. The molecule has 0 aromatic heterocycles. The second kappa shape index (κ2) is 8.35. The molecule has 0 aliphatic heterocycles. The molecular weight excluding hydrogens is 220 g/mol. The third-order valence-corrected chi connectivity index (χ3v) is 1.96. The van der Waals surface area contributed by atoms with Gasteiger partial charge in [-0.25, -0.2) is 4.79 Å². The van der Waals surface area contributed by atoms with Crippen molar-refractivity contribution in [2.75, 3.05) is 20.3 Å². The third-order valence-electron chi connectivity index (χ3n) is 1.96. The van der Waals surface area contributed by atoms with Gasteiger partial charge in [-0.1, -0.05) is 36.4 Å². The Morgan fingerprint density at radius 3 is 2.59 bits per heavy atom. The zero-order valence-corrected chi connectivity index (χ0v) is 9.80. The second-order valence-electron chi connectivity index (χ2n) is 3.24. The number of hydrogen-bond acceptors (Lipinski definition) is 4. The lowest BCUT2D eigenvalue weighted by Gasteiger charge is -2.01. The van der Waals surface area contributed by atoms with Crippen LogP contribution in [0.15, 0.2) is 42.5 Å². The summed E-state index contributed by atoms with van der Waals surface area (Å²) in [7, 11) is 1.27. The van der Waals surface area contributed by atoms with Gasteiger partial charge in [-0.2, -0.15) is 0 Å². The fraction of sp³-hybridized carbons (Fsp3) is 0.308. The zero-order chi connectivity index (χ0) is 12.3. The quantitative estimate of drug-likeness (QED) is 0.432. The Labute approximate surface area is 101 Å². The molecule has 0 bridgehead atoms. The molecule has 1 aromatic rings. The summed E-state index contributed by atoms with van der Waals surface area (Å²) in [5.41, 5.74) is 1.13. The molecule has 0 spiro atoms. The van der Waals surface area contributed by atoms with Crippen LogP contribution in [0, 0.1) is 0 Å². The number of rotatable bonds is 6. The average Bonchev–Trinajstić information content (AvgIpc) is 2.38. The van der Waals surface area contributed by atoms with Crippen molar-refractivity contribution in [3.63, 3.8) is 0 Å². The molecule has 0 saturated heterocycles. The second-order valence-corrected chi connectivity index (χ2v) is 3.24. The van der Waals surface area contributed by atoms with Gasteiger partial charge in [0.05, 0.1) is 20.3 Å². The lowest BCUT2D eigenvalue weighted by Crippen LogP contribution is -2.03. The van der Waals surface area contributed by atoms with Gasteiger partial charge in [-0.15, -0.1) is 0 Å². The molecule has 0 heterocycles. The summed E-state index contributed by atoms with van der Waals surface area (Å²) in [6.45, 7) is 1.25. The van der Waals surface area contributed by atoms with E-state index in [0.29, 0.717) is 13.2 Å². The minimum absolute atomic E-state index is 0.196. The van der Waals surface area contributed by atoms with E-state index in [9.17, 15) is 4.79 Å². The Bertz CT molecular complexity index is 346. The summed E-state index contributed by atoms with van der Waals surface area (Å²) >= 11 is 0. The predicted molar refractivity (Wildman–Crippen MR) is 63.6 cm³/mol. The monoisotopic (exact) mass is 236 g/mol. The van der Waals surface area contributed by atoms with E-state index in [1.54, 1.807) is 12.2 Å². The number of carbonyl (C=O) groups is 1. The van der Waals surface area contributed by atoms with Crippen molar-refractivity contribution in [1.82, 2.24) is 0 Å². The molecule has 4 nitrogen and oxygen atoms in total. The summed E-state index contributed by atoms with van der Waals surface area (Å²) < 4.78 is 14.4. The Balaban J connectivity index is 2.04. The van der Waals surface area contributed by atoms with E-state index in [0.717, 1.165) is 5.56 Å². The van der Waals surface area contributed by atoms with Gasteiger partial charge < -0.3 is 14.2 Å². The number of carbonyl (C=O) groups excluding carboxylic acids is 1. The predicted octanol–water partition coefficient (Wildman–Crippen LogP) is 2.54. The smallest absolute Gasteiger partial charge is 0.438 e. The number of ether oxygens (including phenoxy) is 3. The molecule has 17 heavy (non-hydrogen) atoms. The van der Waals surface area contributed by atoms with Crippen molar-refractivity contribution < 1.29 is 19.0 Å². The van der Waals surface area contributed by atoms with Gasteiger partial charge in [-0.05, 0) is 11.6 Å². The van der Waals surface area contributed by atoms with E-state index in [2.05, 4.69) is 9.47 Å². The topological polar surface area (TPSA) is 44.8 Å². The van der Waals surface area contributed by atoms with Crippen LogP contribution in [0.3, 0.4) is 0 Å². The van der Waals surface area contributed by atoms with Crippen LogP contribution in [0.5, 0.6) is 0 Å². The first-order chi connectivity index (χ1) is 8.33. The summed E-state index contributed by atoms with van der Waals surface area (Å²) in [5.74, 6) is 0. The normalized spacial score (nSPS) is 10.4. The summed E-state index contributed by atoms with van der Waals surface area (Å²) in [5, 5.41) is 0. The van der Waals surface area contributed by atoms with Crippen molar-refractivity contribution in [2.24, 2.45) is 0 Å². The molecule has 0 radical (unpaired) electrons. The SMILES string of the molecule is COC(=O)OCC=CCOCc1ccccc1. The lowest BCUT2D eigenvalue weighted by atomic mass is 10.2. The molecular formula is C13H16O4. The van der Waals surface area contributed by atoms with Crippen LogP contribution in [0.1, 0.15) is 5.56 Å². The Morgan fingerprint density at radius 1 is 1.18 bits per heavy atom. The van der Waals surface area contributed by atoms with Crippen molar-refractivity contribution in [1.29, 1.82) is 0 Å². The molecule has 0 fully saturated rings. The highest BCUT2D eigenvalue weighted by atomic mass is 16.7. The van der Waals surface area contributed by atoms with E-state index in [1.165, 1.54) is 7.11 Å². The standard InChI is InChI=1S/C13H16O4/c1-15-13(14)17-10-6-5-9-16-11-12-7-3-2-4-8-12/h2-8H,9-11H2,1H3. The fourth-order valence-corrected chi connectivity index (χ4v) is 1.13. The van der Waals surface area contributed by atoms with Crippen molar-refractivity contribution >= 4 is 6.16 Å². The molecule has 1 rings (SSSR count). The van der Waals surface area contributed by atoms with Gasteiger partial charge in [0.2, 0.25) is 0 Å². The molecule has 0 amide bonds. The first-order valence-electron chi connectivity index (χ1n) is 5.30. The first kappa shape index (κ1) is 13.3. The van der Waals surface area contributed by atoms with Crippen LogP contribution in [-0.2, 0) is 20.8 Å². The molecule has 0 aliphatic carbocycles. The van der Waals surface area contributed by atoms with Crippen LogP contribution in [0.4, 0.5) is 4.79 Å². The molecule has 92 valence electrons. The van der Waals surface area contributed by atoms with Crippen molar-refractivity contribution in [3.8, 4) is 0 Å². The van der Waals surface area contributed by atoms with E-state index in [4.69, 9.17) is 4.74 Å². The highest BCUT2D eigenvalue weighted by molar-refractivity contribution is 5.59. The Kier molecular flexibility index (Phi) is 6.51. The summed E-state index contributed by atoms with van der Waals surface area (Å²) in [6.07, 6.45) is 2.83. The van der Waals surface area contributed by atoms with Crippen LogP contribution in [-0.4, -0.2) is 26.5 Å². The number of benzene rings is 1. The molecule has 0 N–H and O–H groups in total. The maximum absolute atomic E-state index is 10.6. The molecule has 0 aliphatic rings. The minimum atomic E-state index is -0.681. The fourth-order valence-electron chi connectivity index (χ4n) is 1.13. The van der Waals surface area contributed by atoms with Crippen LogP contribution in [0.2, 0.25) is 0 Å². The highest BCUT2D eigenvalue weighted by Gasteiger charge is 1.95. The molecule has 4 heteroatoms. The van der Waals surface area contributed by atoms with Gasteiger partial charge in [0, 0.05) is 0 Å². The lowest BCUT2D eigenvalue weighted by molar-refractivity contribution is 0.0815. The summed E-state index contributed by atoms with van der Waals surface area (Å²) in [6, 6.07) is 9.92. The molecule has 0 unspecified atom stereocenters. The van der Waals surface area contributed by atoms with Gasteiger partial charge in [0.25, 0.3) is 0 Å². The van der Waals surface area contributed by atoms with Crippen molar-refractivity contribution in [2.45, 2.75) is 6.61 Å². The minimum Gasteiger partial charge on any atom is -0.438 e. The third kappa shape index (κ3) is 6.37. The maximum Gasteiger partial charge on any atom is 0.508 e. The van der Waals surface area contributed by atoms with Crippen LogP contribution < -0.4 is 0 Å². The zero-order valence-electron chi connectivity index (χ0n) is 9.80. The van der Waals surface area contributed by atoms with Gasteiger partial charge in [0.15, 0.2) is 0 Å². The van der Waals surface area contributed by atoms with E-state index >= 15 is 0 Å². The maximum atomic E-state index is 10.6. The molecule has 0 saturated carbocycles. The Hall–Kier alpha value is -1.81. The van der Waals surface area contributed by atoms with Crippen molar-refractivity contribution in [3.05, 3.63) is 48.0 Å². The van der Waals surface area contributed by atoms with Crippen LogP contribution >= 0.6 is 0 Å². The van der Waals surface area contributed by atoms with E-state index in [-0.39, 0.29) is 6.61 Å². The first-order valence-corrected chi connectivity index (χ1v) is 5.30. The van der Waals surface area contributed by atoms with E-state index in [1.807, 2.05) is 30.3 Å². The van der Waals surface area contributed by atoms with Crippen LogP contribution in [0.25, 0.3) is 0 Å². The van der Waals surface area contributed by atoms with E-state index < -0.39 is 6.16 Å².